The molecule has 6 heteroatoms. The third-order valence-corrected chi connectivity index (χ3v) is 3.82. The molecule has 0 radical (unpaired) electrons. The number of carbonyl (C=O) groups excluding carboxylic acids is 2. The zero-order valence-corrected chi connectivity index (χ0v) is 9.26. The van der Waals surface area contributed by atoms with Crippen LogP contribution in [0.4, 0.5) is 0 Å². The first kappa shape index (κ1) is 13.1. The maximum atomic E-state index is 11.4. The molecule has 0 amide bonds. The van der Waals surface area contributed by atoms with E-state index >= 15 is 0 Å². The number of sulfone groups is 1. The van der Waals surface area contributed by atoms with E-state index in [1.807, 2.05) is 0 Å². The number of hydrogen-bond acceptors (Lipinski definition) is 5. The van der Waals surface area contributed by atoms with E-state index in [1.54, 1.807) is 6.92 Å². The predicted molar refractivity (Wildman–Crippen MR) is 50.6 cm³/mol. The molecule has 0 spiro atoms. The third kappa shape index (κ3) is 3.45. The van der Waals surface area contributed by atoms with Crippen LogP contribution < -0.4 is 0 Å². The lowest BCUT2D eigenvalue weighted by atomic mass is 10.4. The van der Waals surface area contributed by atoms with Gasteiger partial charge in [0.1, 0.15) is 11.5 Å². The van der Waals surface area contributed by atoms with Crippen molar-refractivity contribution in [1.29, 1.82) is 0 Å². The van der Waals surface area contributed by atoms with E-state index in [4.69, 9.17) is 0 Å². The summed E-state index contributed by atoms with van der Waals surface area (Å²) >= 11 is 0. The molecule has 0 saturated heterocycles. The van der Waals surface area contributed by atoms with E-state index in [0.717, 1.165) is 7.11 Å². The lowest BCUT2D eigenvalue weighted by Gasteiger charge is -2.09. The van der Waals surface area contributed by atoms with Crippen molar-refractivity contribution in [3.05, 3.63) is 0 Å². The molecule has 1 unspecified atom stereocenters. The van der Waals surface area contributed by atoms with Crippen LogP contribution in [0.25, 0.3) is 0 Å². The minimum absolute atomic E-state index is 0.146. The Balaban J connectivity index is 4.63. The van der Waals surface area contributed by atoms with Crippen molar-refractivity contribution in [3.8, 4) is 0 Å². The average Bonchev–Trinajstić information content (AvgIpc) is 2.14. The zero-order valence-electron chi connectivity index (χ0n) is 8.44. The van der Waals surface area contributed by atoms with E-state index in [-0.39, 0.29) is 6.42 Å². The van der Waals surface area contributed by atoms with Crippen LogP contribution in [0.1, 0.15) is 20.3 Å². The second-order valence-corrected chi connectivity index (χ2v) is 5.19. The number of ketones is 1. The smallest absolute Gasteiger partial charge is 0.323 e. The van der Waals surface area contributed by atoms with E-state index in [0.29, 0.717) is 0 Å². The number of hydrogen-bond donors (Lipinski definition) is 0. The monoisotopic (exact) mass is 222 g/mol. The van der Waals surface area contributed by atoms with E-state index in [1.165, 1.54) is 6.92 Å². The van der Waals surface area contributed by atoms with Crippen molar-refractivity contribution in [2.75, 3.05) is 12.9 Å². The highest BCUT2D eigenvalue weighted by Gasteiger charge is 2.30. The molecule has 0 saturated carbocycles. The van der Waals surface area contributed by atoms with Crippen LogP contribution in [0.5, 0.6) is 0 Å². The molecule has 1 atom stereocenters. The standard InChI is InChI=1S/C8H14O5S/c1-4-7(9)5-14(11,12)6(2)8(10)13-3/h6H,4-5H2,1-3H3. The minimum atomic E-state index is -3.71. The van der Waals surface area contributed by atoms with Crippen LogP contribution in [0.2, 0.25) is 0 Å². The van der Waals surface area contributed by atoms with Crippen LogP contribution in [0.15, 0.2) is 0 Å². The number of methoxy groups -OCH3 is 1. The first-order valence-corrected chi connectivity index (χ1v) is 5.87. The fourth-order valence-corrected chi connectivity index (χ4v) is 2.06. The molecule has 0 heterocycles. The quantitative estimate of drug-likeness (QED) is 0.609. The second-order valence-electron chi connectivity index (χ2n) is 2.86. The number of Topliss-reactive ketones (excluding diaryl/α,β-unsaturated/α-hetero) is 1. The first-order valence-electron chi connectivity index (χ1n) is 4.16. The Hall–Kier alpha value is -0.910. The van der Waals surface area contributed by atoms with Gasteiger partial charge in [-0.1, -0.05) is 6.92 Å². The maximum Gasteiger partial charge on any atom is 0.323 e. The molecule has 0 aromatic heterocycles. The number of esters is 1. The van der Waals surface area contributed by atoms with Crippen LogP contribution in [0.3, 0.4) is 0 Å². The van der Waals surface area contributed by atoms with Crippen LogP contribution >= 0.6 is 0 Å². The molecular formula is C8H14O5S. The summed E-state index contributed by atoms with van der Waals surface area (Å²) in [5.41, 5.74) is 0. The number of ether oxygens (including phenoxy) is 1. The van der Waals surface area contributed by atoms with Gasteiger partial charge in [0.15, 0.2) is 15.1 Å². The fourth-order valence-electron chi connectivity index (χ4n) is 0.764. The fraction of sp³-hybridized carbons (Fsp3) is 0.750. The molecule has 0 N–H and O–H groups in total. The Morgan fingerprint density at radius 2 is 1.86 bits per heavy atom. The second kappa shape index (κ2) is 5.09. The SMILES string of the molecule is CCC(=O)CS(=O)(=O)C(C)C(=O)OC. The molecule has 0 aromatic rings. The molecule has 0 aliphatic heterocycles. The van der Waals surface area contributed by atoms with Crippen molar-refractivity contribution in [2.24, 2.45) is 0 Å². The summed E-state index contributed by atoms with van der Waals surface area (Å²) in [5.74, 6) is -1.84. The van der Waals surface area contributed by atoms with Crippen molar-refractivity contribution in [3.63, 3.8) is 0 Å². The van der Waals surface area contributed by atoms with E-state index in [9.17, 15) is 18.0 Å². The molecule has 0 aliphatic rings. The topological polar surface area (TPSA) is 77.5 Å². The van der Waals surface area contributed by atoms with Crippen LogP contribution in [0, 0.1) is 0 Å². The first-order chi connectivity index (χ1) is 6.35. The average molecular weight is 222 g/mol. The van der Waals surface area contributed by atoms with Gasteiger partial charge in [-0.15, -0.1) is 0 Å². The summed E-state index contributed by atoms with van der Waals surface area (Å²) in [5, 5.41) is -1.28. The summed E-state index contributed by atoms with van der Waals surface area (Å²) < 4.78 is 27.0. The van der Waals surface area contributed by atoms with Gasteiger partial charge < -0.3 is 4.74 Å². The molecular weight excluding hydrogens is 208 g/mol. The van der Waals surface area contributed by atoms with Gasteiger partial charge in [-0.2, -0.15) is 0 Å². The van der Waals surface area contributed by atoms with Gasteiger partial charge in [0.2, 0.25) is 0 Å². The molecule has 14 heavy (non-hydrogen) atoms. The van der Waals surface area contributed by atoms with Gasteiger partial charge in [0.25, 0.3) is 0 Å². The van der Waals surface area contributed by atoms with Crippen LogP contribution in [-0.2, 0) is 24.2 Å². The van der Waals surface area contributed by atoms with Gasteiger partial charge >= 0.3 is 5.97 Å². The van der Waals surface area contributed by atoms with Gasteiger partial charge in [-0.05, 0) is 6.92 Å². The van der Waals surface area contributed by atoms with Crippen LogP contribution in [-0.4, -0.2) is 38.3 Å². The summed E-state index contributed by atoms with van der Waals surface area (Å²) in [7, 11) is -2.60. The van der Waals surface area contributed by atoms with Gasteiger partial charge in [0.05, 0.1) is 7.11 Å². The molecule has 0 aromatic carbocycles. The largest absolute Gasteiger partial charge is 0.468 e. The maximum absolute atomic E-state index is 11.4. The number of rotatable bonds is 5. The molecule has 5 nitrogen and oxygen atoms in total. The van der Waals surface area contributed by atoms with E-state index < -0.39 is 32.6 Å². The Bertz CT molecular complexity index is 317. The Kier molecular flexibility index (Phi) is 4.76. The lowest BCUT2D eigenvalue weighted by molar-refractivity contribution is -0.139. The highest BCUT2D eigenvalue weighted by molar-refractivity contribution is 7.93. The van der Waals surface area contributed by atoms with Crippen molar-refractivity contribution >= 4 is 21.6 Å². The van der Waals surface area contributed by atoms with Crippen molar-refractivity contribution in [2.45, 2.75) is 25.5 Å². The van der Waals surface area contributed by atoms with Gasteiger partial charge in [-0.25, -0.2) is 8.42 Å². The summed E-state index contributed by atoms with van der Waals surface area (Å²) in [4.78, 5) is 21.8. The zero-order chi connectivity index (χ0) is 11.4. The Labute approximate surface area is 83.4 Å². The lowest BCUT2D eigenvalue weighted by Crippen LogP contribution is -2.32. The summed E-state index contributed by atoms with van der Waals surface area (Å²) in [6.45, 7) is 2.78. The van der Waals surface area contributed by atoms with E-state index in [2.05, 4.69) is 4.74 Å². The van der Waals surface area contributed by atoms with Crippen molar-refractivity contribution in [1.82, 2.24) is 0 Å². The predicted octanol–water partition coefficient (Wildman–Crippen LogP) is -0.0582. The summed E-state index contributed by atoms with van der Waals surface area (Å²) in [6.07, 6.45) is 0.146. The minimum Gasteiger partial charge on any atom is -0.468 e. The Morgan fingerprint density at radius 3 is 2.21 bits per heavy atom. The molecule has 0 fully saturated rings. The number of carbonyl (C=O) groups is 2. The molecule has 0 aliphatic carbocycles. The van der Waals surface area contributed by atoms with Gasteiger partial charge in [-0.3, -0.25) is 9.59 Å². The highest BCUT2D eigenvalue weighted by atomic mass is 32.2. The molecule has 0 bridgehead atoms. The van der Waals surface area contributed by atoms with Crippen molar-refractivity contribution < 1.29 is 22.7 Å². The normalized spacial score (nSPS) is 13.4. The third-order valence-electron chi connectivity index (χ3n) is 1.83. The molecule has 0 rings (SSSR count). The molecule has 82 valence electrons. The Morgan fingerprint density at radius 1 is 1.36 bits per heavy atom. The summed E-state index contributed by atoms with van der Waals surface area (Å²) in [6, 6.07) is 0. The highest BCUT2D eigenvalue weighted by Crippen LogP contribution is 2.05. The van der Waals surface area contributed by atoms with Gasteiger partial charge in [0, 0.05) is 6.42 Å².